The van der Waals surface area contributed by atoms with Crippen molar-refractivity contribution in [2.75, 3.05) is 0 Å². The second kappa shape index (κ2) is 6.06. The Kier molecular flexibility index (Phi) is 4.13. The number of hydrogen-bond acceptors (Lipinski definition) is 4. The number of halogens is 2. The molecule has 7 heteroatoms. The fraction of sp³-hybridized carbons (Fsp3) is 0.133. The number of imidazole rings is 1. The van der Waals surface area contributed by atoms with Crippen molar-refractivity contribution in [3.8, 4) is 11.5 Å². The first-order valence-corrected chi connectivity index (χ1v) is 7.66. The zero-order valence-corrected chi connectivity index (χ0v) is 13.9. The fourth-order valence-electron chi connectivity index (χ4n) is 2.07. The monoisotopic (exact) mass is 379 g/mol. The molecule has 0 aliphatic heterocycles. The van der Waals surface area contributed by atoms with Crippen LogP contribution < -0.4 is 4.74 Å². The van der Waals surface area contributed by atoms with Gasteiger partial charge in [0.25, 0.3) is 0 Å². The van der Waals surface area contributed by atoms with E-state index in [1.54, 1.807) is 24.4 Å². The molecule has 112 valence electrons. The molecule has 0 aliphatic rings. The lowest BCUT2D eigenvalue weighted by atomic mass is 10.2. The van der Waals surface area contributed by atoms with Crippen LogP contribution in [0, 0.1) is 0 Å². The number of ether oxygens (including phenoxy) is 1. The van der Waals surface area contributed by atoms with E-state index in [-0.39, 0.29) is 12.2 Å². The third-order valence-electron chi connectivity index (χ3n) is 2.97. The van der Waals surface area contributed by atoms with Gasteiger partial charge in [-0.2, -0.15) is 0 Å². The van der Waals surface area contributed by atoms with E-state index in [1.165, 1.54) is 6.92 Å². The highest BCUT2D eigenvalue weighted by molar-refractivity contribution is 9.10. The lowest BCUT2D eigenvalue weighted by Crippen LogP contribution is -1.99. The van der Waals surface area contributed by atoms with E-state index in [1.807, 2.05) is 6.07 Å². The normalized spacial score (nSPS) is 10.9. The van der Waals surface area contributed by atoms with Gasteiger partial charge < -0.3 is 9.72 Å². The number of nitrogens with zero attached hydrogens (tertiary/aromatic N) is 2. The van der Waals surface area contributed by atoms with Crippen LogP contribution in [0.5, 0.6) is 11.5 Å². The Bertz CT molecular complexity index is 863. The van der Waals surface area contributed by atoms with Crippen LogP contribution in [0.25, 0.3) is 11.0 Å². The molecule has 1 aromatic carbocycles. The molecule has 0 aliphatic carbocycles. The van der Waals surface area contributed by atoms with Crippen molar-refractivity contribution in [1.82, 2.24) is 15.0 Å². The number of benzene rings is 1. The molecule has 2 aromatic heterocycles. The Morgan fingerprint density at radius 3 is 3.00 bits per heavy atom. The van der Waals surface area contributed by atoms with Crippen molar-refractivity contribution in [3.63, 3.8) is 0 Å². The van der Waals surface area contributed by atoms with Gasteiger partial charge in [-0.05, 0) is 41.1 Å². The molecule has 3 aromatic rings. The molecule has 0 radical (unpaired) electrons. The number of nitrogens with one attached hydrogen (secondary N) is 1. The summed E-state index contributed by atoms with van der Waals surface area (Å²) in [7, 11) is 0. The van der Waals surface area contributed by atoms with E-state index in [0.29, 0.717) is 32.5 Å². The maximum atomic E-state index is 11.2. The zero-order chi connectivity index (χ0) is 15.7. The topological polar surface area (TPSA) is 67.9 Å². The summed E-state index contributed by atoms with van der Waals surface area (Å²) in [6.07, 6.45) is 1.88. The molecule has 2 heterocycles. The molecule has 3 rings (SSSR count). The molecular formula is C15H11BrClN3O2. The summed E-state index contributed by atoms with van der Waals surface area (Å²) in [5.41, 5.74) is 2.10. The molecular weight excluding hydrogens is 370 g/mol. The van der Waals surface area contributed by atoms with Crippen molar-refractivity contribution in [3.05, 3.63) is 45.9 Å². The highest BCUT2D eigenvalue weighted by Gasteiger charge is 2.12. The van der Waals surface area contributed by atoms with Crippen molar-refractivity contribution in [2.24, 2.45) is 0 Å². The van der Waals surface area contributed by atoms with Crippen LogP contribution in [0.2, 0.25) is 5.02 Å². The molecule has 0 saturated carbocycles. The van der Waals surface area contributed by atoms with Crippen molar-refractivity contribution < 1.29 is 9.53 Å². The van der Waals surface area contributed by atoms with Gasteiger partial charge in [-0.25, -0.2) is 4.98 Å². The van der Waals surface area contributed by atoms with Crippen molar-refractivity contribution in [2.45, 2.75) is 13.3 Å². The van der Waals surface area contributed by atoms with E-state index in [2.05, 4.69) is 30.9 Å². The number of ketones is 1. The molecule has 5 nitrogen and oxygen atoms in total. The molecule has 0 amide bonds. The average Bonchev–Trinajstić information content (AvgIpc) is 2.83. The first-order chi connectivity index (χ1) is 10.5. The van der Waals surface area contributed by atoms with Crippen LogP contribution in [0.4, 0.5) is 0 Å². The molecule has 22 heavy (non-hydrogen) atoms. The third-order valence-corrected chi connectivity index (χ3v) is 3.72. The summed E-state index contributed by atoms with van der Waals surface area (Å²) in [5, 5.41) is 0.421. The lowest BCUT2D eigenvalue weighted by Gasteiger charge is -2.08. The molecule has 0 bridgehead atoms. The Morgan fingerprint density at radius 1 is 1.41 bits per heavy atom. The van der Waals surface area contributed by atoms with Gasteiger partial charge in [-0.15, -0.1) is 0 Å². The third kappa shape index (κ3) is 3.13. The van der Waals surface area contributed by atoms with Crippen molar-refractivity contribution >= 4 is 44.3 Å². The highest BCUT2D eigenvalue weighted by atomic mass is 79.9. The number of rotatable bonds is 4. The van der Waals surface area contributed by atoms with E-state index in [0.717, 1.165) is 5.52 Å². The molecule has 0 fully saturated rings. The van der Waals surface area contributed by atoms with Crippen LogP contribution in [0.3, 0.4) is 0 Å². The van der Waals surface area contributed by atoms with Crippen molar-refractivity contribution in [1.29, 1.82) is 0 Å². The number of Topliss-reactive ketones (excluding diaryl/α,β-unsaturated/α-hetero) is 1. The fourth-order valence-corrected chi connectivity index (χ4v) is 2.71. The second-order valence-corrected chi connectivity index (χ2v) is 5.89. The van der Waals surface area contributed by atoms with Gasteiger partial charge in [-0.1, -0.05) is 11.6 Å². The highest BCUT2D eigenvalue weighted by Crippen LogP contribution is 2.35. The second-order valence-electron chi connectivity index (χ2n) is 4.77. The summed E-state index contributed by atoms with van der Waals surface area (Å²) in [6.45, 7) is 1.52. The summed E-state index contributed by atoms with van der Waals surface area (Å²) >= 11 is 9.61. The summed E-state index contributed by atoms with van der Waals surface area (Å²) in [4.78, 5) is 22.6. The number of pyridine rings is 1. The lowest BCUT2D eigenvalue weighted by molar-refractivity contribution is -0.116. The molecule has 1 N–H and O–H groups in total. The van der Waals surface area contributed by atoms with Gasteiger partial charge in [0.15, 0.2) is 4.73 Å². The van der Waals surface area contributed by atoms with Gasteiger partial charge in [0.05, 0.1) is 11.2 Å². The maximum absolute atomic E-state index is 11.2. The number of carbonyl (C=O) groups is 1. The first kappa shape index (κ1) is 15.0. The Balaban J connectivity index is 1.92. The summed E-state index contributed by atoms with van der Waals surface area (Å²) < 4.78 is 6.40. The van der Waals surface area contributed by atoms with E-state index < -0.39 is 0 Å². The van der Waals surface area contributed by atoms with Crippen LogP contribution >= 0.6 is 27.5 Å². The Hall–Kier alpha value is -1.92. The SMILES string of the molecule is CC(=O)Cc1cc(Oc2ccc3[nH]c(Br)nc3c2Cl)ccn1. The van der Waals surface area contributed by atoms with Crippen LogP contribution in [0.15, 0.2) is 35.2 Å². The quantitative estimate of drug-likeness (QED) is 0.733. The van der Waals surface area contributed by atoms with Crippen LogP contribution in [-0.4, -0.2) is 20.7 Å². The molecule has 0 unspecified atom stereocenters. The molecule has 0 saturated heterocycles. The van der Waals surface area contributed by atoms with E-state index in [9.17, 15) is 4.79 Å². The van der Waals surface area contributed by atoms with E-state index >= 15 is 0 Å². The van der Waals surface area contributed by atoms with Gasteiger partial charge in [0.1, 0.15) is 27.8 Å². The van der Waals surface area contributed by atoms with Crippen LogP contribution in [-0.2, 0) is 11.2 Å². The summed E-state index contributed by atoms with van der Waals surface area (Å²) in [6, 6.07) is 7.04. The van der Waals surface area contributed by atoms with E-state index in [4.69, 9.17) is 16.3 Å². The number of carbonyl (C=O) groups excluding carboxylic acids is 1. The Morgan fingerprint density at radius 2 is 2.23 bits per heavy atom. The predicted octanol–water partition coefficient (Wildman–Crippen LogP) is 4.30. The largest absolute Gasteiger partial charge is 0.456 e. The smallest absolute Gasteiger partial charge is 0.175 e. The minimum Gasteiger partial charge on any atom is -0.456 e. The van der Waals surface area contributed by atoms with Gasteiger partial charge in [0, 0.05) is 18.7 Å². The zero-order valence-electron chi connectivity index (χ0n) is 11.6. The summed E-state index contributed by atoms with van der Waals surface area (Å²) in [5.74, 6) is 1.11. The number of hydrogen-bond donors (Lipinski definition) is 1. The maximum Gasteiger partial charge on any atom is 0.175 e. The number of aromatic amines is 1. The van der Waals surface area contributed by atoms with Gasteiger partial charge >= 0.3 is 0 Å². The number of H-pyrrole nitrogens is 1. The standard InChI is InChI=1S/C15H11BrClN3O2/c1-8(21)6-9-7-10(4-5-18-9)22-12-3-2-11-14(13(12)17)20-15(16)19-11/h2-5,7H,6H2,1H3,(H,19,20). The Labute approximate surface area is 139 Å². The average molecular weight is 381 g/mol. The van der Waals surface area contributed by atoms with Crippen LogP contribution in [0.1, 0.15) is 12.6 Å². The minimum absolute atomic E-state index is 0.0467. The first-order valence-electron chi connectivity index (χ1n) is 6.49. The van der Waals surface area contributed by atoms with Gasteiger partial charge in [0.2, 0.25) is 0 Å². The number of fused-ring (bicyclic) bond motifs is 1. The molecule has 0 spiro atoms. The van der Waals surface area contributed by atoms with Gasteiger partial charge in [-0.3, -0.25) is 9.78 Å². The number of aromatic nitrogens is 3. The predicted molar refractivity (Wildman–Crippen MR) is 87.5 cm³/mol. The minimum atomic E-state index is 0.0467. The molecule has 0 atom stereocenters.